The van der Waals surface area contributed by atoms with Crippen molar-refractivity contribution < 1.29 is 9.59 Å². The molecule has 4 heterocycles. The van der Waals surface area contributed by atoms with Gasteiger partial charge in [-0.1, -0.05) is 36.4 Å². The number of rotatable bonds is 6. The lowest BCUT2D eigenvalue weighted by Crippen LogP contribution is -2.46. The standard InChI is InChI=1S/C26H28N4O2S/c31-25(15-22-7-4-14-33-22)30-12-3-8-23(30)26(32)28-17-19-9-10-24(27-16-19)29-13-11-20-5-1-2-6-21(20)18-29/h1-2,4-7,9-10,14,16,23H,3,8,11-13,15,17-18H2,(H,28,32). The highest BCUT2D eigenvalue weighted by molar-refractivity contribution is 7.10. The van der Waals surface area contributed by atoms with Gasteiger partial charge in [0.2, 0.25) is 11.8 Å². The van der Waals surface area contributed by atoms with Gasteiger partial charge >= 0.3 is 0 Å². The zero-order chi connectivity index (χ0) is 22.6. The highest BCUT2D eigenvalue weighted by Gasteiger charge is 2.33. The molecule has 2 aliphatic rings. The number of thiophene rings is 1. The number of fused-ring (bicyclic) bond motifs is 1. The fourth-order valence-electron chi connectivity index (χ4n) is 4.71. The molecule has 2 amide bonds. The van der Waals surface area contributed by atoms with E-state index in [1.54, 1.807) is 16.2 Å². The first-order valence-corrected chi connectivity index (χ1v) is 12.4. The average Bonchev–Trinajstić information content (AvgIpc) is 3.55. The number of aromatic nitrogens is 1. The van der Waals surface area contributed by atoms with Gasteiger partial charge in [-0.15, -0.1) is 11.3 Å². The lowest BCUT2D eigenvalue weighted by Gasteiger charge is -2.29. The van der Waals surface area contributed by atoms with Crippen LogP contribution in [-0.4, -0.2) is 40.8 Å². The van der Waals surface area contributed by atoms with Gasteiger partial charge in [-0.25, -0.2) is 4.98 Å². The Morgan fingerprint density at radius 2 is 1.94 bits per heavy atom. The maximum atomic E-state index is 12.8. The summed E-state index contributed by atoms with van der Waals surface area (Å²) in [6.45, 7) is 2.89. The van der Waals surface area contributed by atoms with E-state index in [2.05, 4.69) is 39.5 Å². The minimum absolute atomic E-state index is 0.0317. The van der Waals surface area contributed by atoms with Crippen molar-refractivity contribution in [2.75, 3.05) is 18.0 Å². The molecule has 170 valence electrons. The summed E-state index contributed by atoms with van der Waals surface area (Å²) in [6.07, 6.45) is 4.82. The summed E-state index contributed by atoms with van der Waals surface area (Å²) in [5.74, 6) is 0.911. The van der Waals surface area contributed by atoms with Crippen molar-refractivity contribution in [1.82, 2.24) is 15.2 Å². The van der Waals surface area contributed by atoms with Gasteiger partial charge in [-0.3, -0.25) is 9.59 Å². The molecule has 1 aromatic carbocycles. The first-order chi connectivity index (χ1) is 16.2. The number of amides is 2. The highest BCUT2D eigenvalue weighted by atomic mass is 32.1. The van der Waals surface area contributed by atoms with Gasteiger partial charge in [0.15, 0.2) is 0 Å². The second kappa shape index (κ2) is 9.75. The van der Waals surface area contributed by atoms with Crippen molar-refractivity contribution >= 4 is 29.0 Å². The average molecular weight is 461 g/mol. The van der Waals surface area contributed by atoms with Crippen LogP contribution in [0.3, 0.4) is 0 Å². The third kappa shape index (κ3) is 4.93. The third-order valence-corrected chi connectivity index (χ3v) is 7.39. The summed E-state index contributed by atoms with van der Waals surface area (Å²) in [7, 11) is 0. The number of carbonyl (C=O) groups excluding carboxylic acids is 2. The third-order valence-electron chi connectivity index (χ3n) is 6.51. The molecule has 0 aliphatic carbocycles. The number of benzene rings is 1. The SMILES string of the molecule is O=C(NCc1ccc(N2CCc3ccccc3C2)nc1)C1CCCN1C(=O)Cc1cccs1. The van der Waals surface area contributed by atoms with E-state index in [4.69, 9.17) is 0 Å². The molecule has 0 saturated carbocycles. The normalized spacial score (nSPS) is 17.6. The molecule has 5 rings (SSSR count). The first kappa shape index (κ1) is 21.6. The second-order valence-electron chi connectivity index (χ2n) is 8.68. The topological polar surface area (TPSA) is 65.5 Å². The molecule has 1 N–H and O–H groups in total. The molecule has 0 bridgehead atoms. The van der Waals surface area contributed by atoms with Gasteiger partial charge in [0.05, 0.1) is 6.42 Å². The van der Waals surface area contributed by atoms with Crippen molar-refractivity contribution in [3.63, 3.8) is 0 Å². The van der Waals surface area contributed by atoms with E-state index in [9.17, 15) is 9.59 Å². The Hall–Kier alpha value is -3.19. The van der Waals surface area contributed by atoms with Crippen LogP contribution in [0.2, 0.25) is 0 Å². The van der Waals surface area contributed by atoms with Gasteiger partial charge in [-0.05, 0) is 53.5 Å². The molecule has 0 spiro atoms. The van der Waals surface area contributed by atoms with Crippen LogP contribution in [0.1, 0.15) is 34.4 Å². The largest absolute Gasteiger partial charge is 0.352 e. The monoisotopic (exact) mass is 460 g/mol. The number of nitrogens with one attached hydrogen (secondary N) is 1. The summed E-state index contributed by atoms with van der Waals surface area (Å²) in [5, 5.41) is 4.99. The van der Waals surface area contributed by atoms with Crippen LogP contribution in [0.25, 0.3) is 0 Å². The van der Waals surface area contributed by atoms with Crippen LogP contribution in [-0.2, 0) is 35.5 Å². The Bertz CT molecular complexity index is 1110. The van der Waals surface area contributed by atoms with E-state index in [0.717, 1.165) is 48.6 Å². The van der Waals surface area contributed by atoms with Crippen molar-refractivity contribution in [2.45, 2.75) is 44.8 Å². The molecule has 0 radical (unpaired) electrons. The molecule has 1 atom stereocenters. The summed E-state index contributed by atoms with van der Waals surface area (Å²) < 4.78 is 0. The molecule has 1 fully saturated rings. The molecule has 33 heavy (non-hydrogen) atoms. The summed E-state index contributed by atoms with van der Waals surface area (Å²) in [4.78, 5) is 35.3. The van der Waals surface area contributed by atoms with Crippen LogP contribution in [0, 0.1) is 0 Å². The van der Waals surface area contributed by atoms with Crippen molar-refractivity contribution in [1.29, 1.82) is 0 Å². The van der Waals surface area contributed by atoms with Gasteiger partial charge in [-0.2, -0.15) is 0 Å². The number of nitrogens with zero attached hydrogens (tertiary/aromatic N) is 3. The predicted molar refractivity (Wildman–Crippen MR) is 130 cm³/mol. The Morgan fingerprint density at radius 3 is 2.73 bits per heavy atom. The fraction of sp³-hybridized carbons (Fsp3) is 0.346. The zero-order valence-corrected chi connectivity index (χ0v) is 19.4. The van der Waals surface area contributed by atoms with Crippen LogP contribution >= 0.6 is 11.3 Å². The Labute approximate surface area is 198 Å². The molecule has 6 nitrogen and oxygen atoms in total. The van der Waals surface area contributed by atoms with Gasteiger partial charge in [0.1, 0.15) is 11.9 Å². The lowest BCUT2D eigenvalue weighted by atomic mass is 10.00. The molecule has 1 saturated heterocycles. The number of hydrogen-bond acceptors (Lipinski definition) is 5. The smallest absolute Gasteiger partial charge is 0.243 e. The highest BCUT2D eigenvalue weighted by Crippen LogP contribution is 2.23. The van der Waals surface area contributed by atoms with Crippen LogP contribution in [0.5, 0.6) is 0 Å². The Morgan fingerprint density at radius 1 is 1.06 bits per heavy atom. The van der Waals surface area contributed by atoms with Crippen LogP contribution in [0.4, 0.5) is 5.82 Å². The van der Waals surface area contributed by atoms with Gasteiger partial charge < -0.3 is 15.1 Å². The van der Waals surface area contributed by atoms with Crippen LogP contribution in [0.15, 0.2) is 60.1 Å². The van der Waals surface area contributed by atoms with E-state index >= 15 is 0 Å². The lowest BCUT2D eigenvalue weighted by molar-refractivity contribution is -0.138. The zero-order valence-electron chi connectivity index (χ0n) is 18.6. The summed E-state index contributed by atoms with van der Waals surface area (Å²) >= 11 is 1.58. The molecule has 2 aliphatic heterocycles. The van der Waals surface area contributed by atoms with Crippen molar-refractivity contribution in [3.8, 4) is 0 Å². The van der Waals surface area contributed by atoms with Crippen LogP contribution < -0.4 is 10.2 Å². The molecular weight excluding hydrogens is 432 g/mol. The fourth-order valence-corrected chi connectivity index (χ4v) is 5.40. The Balaban J connectivity index is 1.15. The number of pyridine rings is 1. The number of carbonyl (C=O) groups is 2. The Kier molecular flexibility index (Phi) is 6.39. The summed E-state index contributed by atoms with van der Waals surface area (Å²) in [5.41, 5.74) is 3.73. The number of anilines is 1. The van der Waals surface area contributed by atoms with E-state index in [0.29, 0.717) is 19.5 Å². The van der Waals surface area contributed by atoms with E-state index in [1.165, 1.54) is 11.1 Å². The molecule has 1 unspecified atom stereocenters. The van der Waals surface area contributed by atoms with Crippen molar-refractivity contribution in [2.24, 2.45) is 0 Å². The maximum Gasteiger partial charge on any atom is 0.243 e. The van der Waals surface area contributed by atoms with Crippen molar-refractivity contribution in [3.05, 3.63) is 81.7 Å². The molecule has 3 aromatic rings. The molecule has 2 aromatic heterocycles. The second-order valence-corrected chi connectivity index (χ2v) is 9.72. The van der Waals surface area contributed by atoms with Gasteiger partial charge in [0, 0.05) is 37.3 Å². The minimum Gasteiger partial charge on any atom is -0.352 e. The number of likely N-dealkylation sites (tertiary alicyclic amines) is 1. The van der Waals surface area contributed by atoms with E-state index < -0.39 is 0 Å². The van der Waals surface area contributed by atoms with E-state index in [1.807, 2.05) is 35.8 Å². The van der Waals surface area contributed by atoms with Gasteiger partial charge in [0.25, 0.3) is 0 Å². The first-order valence-electron chi connectivity index (χ1n) is 11.5. The quantitative estimate of drug-likeness (QED) is 0.611. The predicted octanol–water partition coefficient (Wildman–Crippen LogP) is 3.56. The van der Waals surface area contributed by atoms with E-state index in [-0.39, 0.29) is 17.9 Å². The maximum absolute atomic E-state index is 12.8. The number of hydrogen-bond donors (Lipinski definition) is 1. The molecular formula is C26H28N4O2S. The molecule has 7 heteroatoms. The summed E-state index contributed by atoms with van der Waals surface area (Å²) in [6, 6.07) is 16.2. The minimum atomic E-state index is -0.377.